The minimum atomic E-state index is -0.869. The Balaban J connectivity index is 1.96. The Kier molecular flexibility index (Phi) is 3.26. The van der Waals surface area contributed by atoms with Gasteiger partial charge in [0, 0.05) is 17.1 Å². The lowest BCUT2D eigenvalue weighted by atomic mass is 9.99. The molecule has 3 rings (SSSR count). The van der Waals surface area contributed by atoms with Crippen molar-refractivity contribution in [2.24, 2.45) is 0 Å². The first-order valence-corrected chi connectivity index (χ1v) is 7.62. The first-order chi connectivity index (χ1) is 9.58. The van der Waals surface area contributed by atoms with Gasteiger partial charge in [0.2, 0.25) is 0 Å². The summed E-state index contributed by atoms with van der Waals surface area (Å²) < 4.78 is 0. The van der Waals surface area contributed by atoms with Crippen LogP contribution in [0, 0.1) is 6.92 Å². The monoisotopic (exact) mass is 287 g/mol. The summed E-state index contributed by atoms with van der Waals surface area (Å²) in [4.78, 5) is 14.9. The zero-order valence-electron chi connectivity index (χ0n) is 11.6. The van der Waals surface area contributed by atoms with Gasteiger partial charge in [-0.05, 0) is 61.0 Å². The van der Waals surface area contributed by atoms with E-state index in [2.05, 4.69) is 23.3 Å². The van der Waals surface area contributed by atoms with Gasteiger partial charge in [-0.3, -0.25) is 0 Å². The van der Waals surface area contributed by atoms with Crippen LogP contribution in [-0.4, -0.2) is 17.6 Å². The summed E-state index contributed by atoms with van der Waals surface area (Å²) in [6.45, 7) is 5.19. The largest absolute Gasteiger partial charge is 0.478 e. The molecule has 1 N–H and O–H groups in total. The molecule has 0 fully saturated rings. The van der Waals surface area contributed by atoms with Crippen LogP contribution >= 0.6 is 11.3 Å². The molecular formula is C16H17NO2S. The smallest absolute Gasteiger partial charge is 0.335 e. The number of hydrogen-bond acceptors (Lipinski definition) is 3. The number of aryl methyl sites for hydroxylation is 1. The lowest BCUT2D eigenvalue weighted by Gasteiger charge is -2.36. The van der Waals surface area contributed by atoms with Crippen LogP contribution in [0.2, 0.25) is 0 Å². The zero-order valence-corrected chi connectivity index (χ0v) is 12.4. The molecule has 0 saturated carbocycles. The molecule has 20 heavy (non-hydrogen) atoms. The van der Waals surface area contributed by atoms with Crippen LogP contribution in [0.4, 0.5) is 5.69 Å². The molecule has 1 unspecified atom stereocenters. The van der Waals surface area contributed by atoms with Crippen LogP contribution in [0.15, 0.2) is 29.6 Å². The van der Waals surface area contributed by atoms with E-state index in [0.29, 0.717) is 11.6 Å². The van der Waals surface area contributed by atoms with Crippen LogP contribution in [0.25, 0.3) is 0 Å². The number of carbonyl (C=O) groups is 1. The second kappa shape index (κ2) is 4.94. The van der Waals surface area contributed by atoms with Gasteiger partial charge in [-0.1, -0.05) is 0 Å². The molecule has 3 nitrogen and oxygen atoms in total. The molecule has 2 aromatic rings. The third kappa shape index (κ3) is 2.10. The van der Waals surface area contributed by atoms with Crippen molar-refractivity contribution in [1.29, 1.82) is 0 Å². The molecular weight excluding hydrogens is 270 g/mol. The van der Waals surface area contributed by atoms with Gasteiger partial charge < -0.3 is 10.0 Å². The van der Waals surface area contributed by atoms with E-state index in [0.717, 1.165) is 24.2 Å². The Morgan fingerprint density at radius 2 is 2.20 bits per heavy atom. The summed E-state index contributed by atoms with van der Waals surface area (Å²) in [6, 6.07) is 7.94. The molecule has 1 aromatic carbocycles. The maximum atomic E-state index is 11.0. The highest BCUT2D eigenvalue weighted by atomic mass is 32.1. The van der Waals surface area contributed by atoms with E-state index in [1.807, 2.05) is 24.3 Å². The van der Waals surface area contributed by atoms with E-state index in [4.69, 9.17) is 5.11 Å². The summed E-state index contributed by atoms with van der Waals surface area (Å²) in [5.74, 6) is -0.869. The maximum absolute atomic E-state index is 11.0. The van der Waals surface area contributed by atoms with Gasteiger partial charge in [0.25, 0.3) is 0 Å². The minimum absolute atomic E-state index is 0.347. The Bertz CT molecular complexity index is 662. The lowest BCUT2D eigenvalue weighted by molar-refractivity contribution is 0.0697. The summed E-state index contributed by atoms with van der Waals surface area (Å²) in [6.07, 6.45) is 1.07. The quantitative estimate of drug-likeness (QED) is 0.911. The van der Waals surface area contributed by atoms with Crippen molar-refractivity contribution in [2.45, 2.75) is 26.3 Å². The second-order valence-electron chi connectivity index (χ2n) is 5.22. The predicted octanol–water partition coefficient (Wildman–Crippen LogP) is 3.88. The van der Waals surface area contributed by atoms with Gasteiger partial charge >= 0.3 is 5.97 Å². The highest BCUT2D eigenvalue weighted by Gasteiger charge is 2.25. The summed E-state index contributed by atoms with van der Waals surface area (Å²) in [7, 11) is 0. The number of anilines is 1. The number of hydrogen-bond donors (Lipinski definition) is 1. The lowest BCUT2D eigenvalue weighted by Crippen LogP contribution is -2.33. The number of thiophene rings is 1. The molecule has 104 valence electrons. The van der Waals surface area contributed by atoms with Gasteiger partial charge in [-0.15, -0.1) is 11.3 Å². The summed E-state index contributed by atoms with van der Waals surface area (Å²) in [5.41, 5.74) is 3.92. The predicted molar refractivity (Wildman–Crippen MR) is 81.9 cm³/mol. The molecule has 1 atom stereocenters. The normalized spacial score (nSPS) is 17.9. The maximum Gasteiger partial charge on any atom is 0.335 e. The van der Waals surface area contributed by atoms with E-state index >= 15 is 0 Å². The molecule has 1 aromatic heterocycles. The number of carboxylic acid groups (broad SMARTS) is 1. The van der Waals surface area contributed by atoms with E-state index in [1.165, 1.54) is 10.4 Å². The number of carboxylic acids is 1. The van der Waals surface area contributed by atoms with Gasteiger partial charge in [-0.25, -0.2) is 4.79 Å². The Morgan fingerprint density at radius 3 is 2.90 bits per heavy atom. The fourth-order valence-electron chi connectivity index (χ4n) is 2.95. The Labute approximate surface area is 122 Å². The highest BCUT2D eigenvalue weighted by Crippen LogP contribution is 2.37. The molecule has 4 heteroatoms. The number of fused-ring (bicyclic) bond motifs is 1. The van der Waals surface area contributed by atoms with Crippen LogP contribution in [0.3, 0.4) is 0 Å². The van der Waals surface area contributed by atoms with Crippen molar-refractivity contribution in [3.63, 3.8) is 0 Å². The summed E-state index contributed by atoms with van der Waals surface area (Å²) >= 11 is 1.83. The molecule has 1 aliphatic rings. The number of benzene rings is 1. The molecule has 0 saturated heterocycles. The van der Waals surface area contributed by atoms with Crippen LogP contribution in [-0.2, 0) is 6.42 Å². The van der Waals surface area contributed by atoms with E-state index in [9.17, 15) is 4.79 Å². The van der Waals surface area contributed by atoms with E-state index in [1.54, 1.807) is 12.1 Å². The third-order valence-electron chi connectivity index (χ3n) is 4.03. The standard InChI is InChI=1S/C16H17NO2S/c1-10-9-12(16(18)19)3-4-14(10)17-7-5-15-13(11(17)2)6-8-20-15/h3-4,6,8-9,11H,5,7H2,1-2H3,(H,18,19). The van der Waals surface area contributed by atoms with Gasteiger partial charge in [0.1, 0.15) is 0 Å². The van der Waals surface area contributed by atoms with Crippen LogP contribution in [0.1, 0.15) is 39.3 Å². The zero-order chi connectivity index (χ0) is 14.3. The number of nitrogens with zero attached hydrogens (tertiary/aromatic N) is 1. The first kappa shape index (κ1) is 13.2. The Hall–Kier alpha value is -1.81. The topological polar surface area (TPSA) is 40.5 Å². The number of aromatic carboxylic acids is 1. The van der Waals surface area contributed by atoms with Gasteiger partial charge in [0.05, 0.1) is 11.6 Å². The first-order valence-electron chi connectivity index (χ1n) is 6.75. The molecule has 0 spiro atoms. The third-order valence-corrected chi connectivity index (χ3v) is 5.03. The number of rotatable bonds is 2. The van der Waals surface area contributed by atoms with Gasteiger partial charge in [0.15, 0.2) is 0 Å². The SMILES string of the molecule is Cc1cc(C(=O)O)ccc1N1CCc2sccc2C1C. The van der Waals surface area contributed by atoms with Crippen molar-refractivity contribution < 1.29 is 9.90 Å². The minimum Gasteiger partial charge on any atom is -0.478 e. The van der Waals surface area contributed by atoms with Crippen molar-refractivity contribution >= 4 is 23.0 Å². The van der Waals surface area contributed by atoms with Crippen LogP contribution < -0.4 is 4.90 Å². The van der Waals surface area contributed by atoms with Crippen molar-refractivity contribution in [1.82, 2.24) is 0 Å². The molecule has 0 aliphatic carbocycles. The molecule has 1 aliphatic heterocycles. The average Bonchev–Trinajstić information content (AvgIpc) is 2.89. The molecule has 0 radical (unpaired) electrons. The molecule has 0 bridgehead atoms. The average molecular weight is 287 g/mol. The van der Waals surface area contributed by atoms with Crippen LogP contribution in [0.5, 0.6) is 0 Å². The Morgan fingerprint density at radius 1 is 1.40 bits per heavy atom. The van der Waals surface area contributed by atoms with Gasteiger partial charge in [-0.2, -0.15) is 0 Å². The molecule has 2 heterocycles. The molecule has 0 amide bonds. The van der Waals surface area contributed by atoms with E-state index in [-0.39, 0.29) is 0 Å². The second-order valence-corrected chi connectivity index (χ2v) is 6.23. The summed E-state index contributed by atoms with van der Waals surface area (Å²) in [5, 5.41) is 11.2. The van der Waals surface area contributed by atoms with Crippen molar-refractivity contribution in [3.05, 3.63) is 51.2 Å². The fraction of sp³-hybridized carbons (Fsp3) is 0.312. The van der Waals surface area contributed by atoms with Crippen molar-refractivity contribution in [2.75, 3.05) is 11.4 Å². The highest BCUT2D eigenvalue weighted by molar-refractivity contribution is 7.10. The van der Waals surface area contributed by atoms with Crippen molar-refractivity contribution in [3.8, 4) is 0 Å². The van der Waals surface area contributed by atoms with E-state index < -0.39 is 5.97 Å². The fourth-order valence-corrected chi connectivity index (χ4v) is 3.91.